The summed E-state index contributed by atoms with van der Waals surface area (Å²) in [4.78, 5) is 25.2. The molecule has 0 aliphatic carbocycles. The van der Waals surface area contributed by atoms with E-state index in [2.05, 4.69) is 4.90 Å². The quantitative estimate of drug-likeness (QED) is 0.286. The fourth-order valence-corrected chi connectivity index (χ4v) is 2.80. The van der Waals surface area contributed by atoms with Crippen molar-refractivity contribution >= 4 is 23.1 Å². The van der Waals surface area contributed by atoms with Gasteiger partial charge in [-0.25, -0.2) is 5.48 Å². The van der Waals surface area contributed by atoms with Gasteiger partial charge in [0.2, 0.25) is 5.91 Å². The maximum absolute atomic E-state index is 12.3. The van der Waals surface area contributed by atoms with Gasteiger partial charge in [0, 0.05) is 36.8 Å². The number of benzene rings is 2. The number of hydrogen-bond donors (Lipinski definition) is 2. The maximum Gasteiger partial charge on any atom is 0.243 e. The first-order valence-corrected chi connectivity index (χ1v) is 8.97. The Morgan fingerprint density at radius 1 is 0.846 bits per heavy atom. The van der Waals surface area contributed by atoms with Crippen LogP contribution < -0.4 is 10.4 Å². The SMILES string of the molecule is CN(c1ccccc1)c1ccc(C(=O)CCCCCCC(=O)NO)cc1. The molecule has 0 radical (unpaired) electrons. The third-order valence-corrected chi connectivity index (χ3v) is 4.40. The fraction of sp³-hybridized carbons (Fsp3) is 0.333. The lowest BCUT2D eigenvalue weighted by atomic mass is 10.0. The smallest absolute Gasteiger partial charge is 0.243 e. The van der Waals surface area contributed by atoms with E-state index in [9.17, 15) is 9.59 Å². The van der Waals surface area contributed by atoms with Crippen LogP contribution in [0, 0.1) is 0 Å². The van der Waals surface area contributed by atoms with Crippen molar-refractivity contribution in [3.8, 4) is 0 Å². The molecule has 2 aromatic carbocycles. The van der Waals surface area contributed by atoms with Crippen molar-refractivity contribution in [3.63, 3.8) is 0 Å². The number of hydroxylamine groups is 1. The average Bonchev–Trinajstić information content (AvgIpc) is 2.70. The van der Waals surface area contributed by atoms with Crippen molar-refractivity contribution in [2.75, 3.05) is 11.9 Å². The van der Waals surface area contributed by atoms with Gasteiger partial charge in [-0.1, -0.05) is 31.0 Å². The molecule has 0 fully saturated rings. The largest absolute Gasteiger partial charge is 0.345 e. The van der Waals surface area contributed by atoms with Gasteiger partial charge in [-0.2, -0.15) is 0 Å². The second-order valence-electron chi connectivity index (χ2n) is 6.31. The number of ketones is 1. The molecule has 0 aliphatic heterocycles. The van der Waals surface area contributed by atoms with Crippen molar-refractivity contribution in [1.29, 1.82) is 0 Å². The molecule has 2 N–H and O–H groups in total. The van der Waals surface area contributed by atoms with Gasteiger partial charge in [0.15, 0.2) is 5.78 Å². The van der Waals surface area contributed by atoms with Crippen molar-refractivity contribution in [3.05, 3.63) is 60.2 Å². The minimum atomic E-state index is -0.360. The van der Waals surface area contributed by atoms with Crippen LogP contribution in [0.2, 0.25) is 0 Å². The molecule has 5 nitrogen and oxygen atoms in total. The highest BCUT2D eigenvalue weighted by atomic mass is 16.5. The van der Waals surface area contributed by atoms with Crippen LogP contribution >= 0.6 is 0 Å². The monoisotopic (exact) mass is 354 g/mol. The summed E-state index contributed by atoms with van der Waals surface area (Å²) >= 11 is 0. The number of carbonyl (C=O) groups is 2. The summed E-state index contributed by atoms with van der Waals surface area (Å²) in [7, 11) is 2.00. The Bertz CT molecular complexity index is 699. The molecule has 26 heavy (non-hydrogen) atoms. The van der Waals surface area contributed by atoms with Crippen LogP contribution in [0.3, 0.4) is 0 Å². The number of anilines is 2. The highest BCUT2D eigenvalue weighted by molar-refractivity contribution is 5.96. The lowest BCUT2D eigenvalue weighted by Gasteiger charge is -2.19. The summed E-state index contributed by atoms with van der Waals surface area (Å²) in [5, 5.41) is 8.41. The number of rotatable bonds is 10. The van der Waals surface area contributed by atoms with E-state index in [-0.39, 0.29) is 11.7 Å². The van der Waals surface area contributed by atoms with E-state index < -0.39 is 0 Å². The summed E-state index contributed by atoms with van der Waals surface area (Å²) in [6, 6.07) is 17.8. The van der Waals surface area contributed by atoms with Gasteiger partial charge in [0.25, 0.3) is 0 Å². The Morgan fingerprint density at radius 3 is 2.04 bits per heavy atom. The van der Waals surface area contributed by atoms with E-state index in [0.29, 0.717) is 12.8 Å². The molecule has 0 aliphatic rings. The van der Waals surface area contributed by atoms with E-state index >= 15 is 0 Å². The second-order valence-corrected chi connectivity index (χ2v) is 6.31. The van der Waals surface area contributed by atoms with Crippen molar-refractivity contribution in [2.24, 2.45) is 0 Å². The van der Waals surface area contributed by atoms with E-state index in [1.54, 1.807) is 5.48 Å². The van der Waals surface area contributed by atoms with E-state index in [0.717, 1.165) is 42.6 Å². The zero-order valence-electron chi connectivity index (χ0n) is 15.1. The molecule has 1 amide bonds. The van der Waals surface area contributed by atoms with Crippen molar-refractivity contribution in [1.82, 2.24) is 5.48 Å². The van der Waals surface area contributed by atoms with Gasteiger partial charge in [-0.3, -0.25) is 14.8 Å². The van der Waals surface area contributed by atoms with Crippen LogP contribution in [-0.4, -0.2) is 23.9 Å². The zero-order valence-corrected chi connectivity index (χ0v) is 15.1. The number of Topliss-reactive ketones (excluding diaryl/α,β-unsaturated/α-hetero) is 1. The van der Waals surface area contributed by atoms with Crippen LogP contribution in [0.1, 0.15) is 48.9 Å². The summed E-state index contributed by atoms with van der Waals surface area (Å²) in [6.07, 6.45) is 4.15. The third-order valence-electron chi connectivity index (χ3n) is 4.40. The molecular formula is C21H26N2O3. The Hall–Kier alpha value is -2.66. The Morgan fingerprint density at radius 2 is 1.42 bits per heavy atom. The molecule has 0 aromatic heterocycles. The number of para-hydroxylation sites is 1. The molecule has 0 saturated heterocycles. The van der Waals surface area contributed by atoms with Crippen LogP contribution in [0.25, 0.3) is 0 Å². The Kier molecular flexibility index (Phi) is 7.83. The molecule has 0 spiro atoms. The molecule has 0 heterocycles. The Labute approximate surface area is 154 Å². The van der Waals surface area contributed by atoms with Gasteiger partial charge in [0.1, 0.15) is 0 Å². The predicted molar refractivity (Wildman–Crippen MR) is 103 cm³/mol. The van der Waals surface area contributed by atoms with Crippen LogP contribution in [0.5, 0.6) is 0 Å². The molecule has 0 unspecified atom stereocenters. The number of nitrogens with zero attached hydrogens (tertiary/aromatic N) is 1. The number of nitrogens with one attached hydrogen (secondary N) is 1. The first-order valence-electron chi connectivity index (χ1n) is 8.97. The molecule has 0 atom stereocenters. The van der Waals surface area contributed by atoms with Crippen LogP contribution in [0.15, 0.2) is 54.6 Å². The van der Waals surface area contributed by atoms with E-state index in [4.69, 9.17) is 5.21 Å². The molecular weight excluding hydrogens is 328 g/mol. The zero-order chi connectivity index (χ0) is 18.8. The van der Waals surface area contributed by atoms with Crippen molar-refractivity contribution < 1.29 is 14.8 Å². The van der Waals surface area contributed by atoms with E-state index in [1.165, 1.54) is 0 Å². The predicted octanol–water partition coefficient (Wildman–Crippen LogP) is 4.48. The molecule has 138 valence electrons. The van der Waals surface area contributed by atoms with Crippen LogP contribution in [0.4, 0.5) is 11.4 Å². The normalized spacial score (nSPS) is 10.4. The standard InChI is InChI=1S/C21H26N2O3/c1-23(18-9-5-4-6-10-18)19-15-13-17(14-16-19)20(24)11-7-2-3-8-12-21(25)22-26/h4-6,9-10,13-16,26H,2-3,7-8,11-12H2,1H3,(H,22,25). The molecule has 2 rings (SSSR count). The number of hydrogen-bond acceptors (Lipinski definition) is 4. The lowest BCUT2D eigenvalue weighted by Crippen LogP contribution is -2.17. The summed E-state index contributed by atoms with van der Waals surface area (Å²) in [5.41, 5.74) is 4.49. The molecule has 0 bridgehead atoms. The Balaban J connectivity index is 1.77. The highest BCUT2D eigenvalue weighted by Crippen LogP contribution is 2.23. The lowest BCUT2D eigenvalue weighted by molar-refractivity contribution is -0.129. The topological polar surface area (TPSA) is 69.6 Å². The summed E-state index contributed by atoms with van der Waals surface area (Å²) in [5.74, 6) is -0.214. The maximum atomic E-state index is 12.3. The van der Waals surface area contributed by atoms with E-state index in [1.807, 2.05) is 61.6 Å². The van der Waals surface area contributed by atoms with Gasteiger partial charge >= 0.3 is 0 Å². The average molecular weight is 354 g/mol. The van der Waals surface area contributed by atoms with Gasteiger partial charge in [-0.15, -0.1) is 0 Å². The number of unbranched alkanes of at least 4 members (excludes halogenated alkanes) is 3. The first-order chi connectivity index (χ1) is 12.6. The van der Waals surface area contributed by atoms with Crippen LogP contribution in [-0.2, 0) is 4.79 Å². The third kappa shape index (κ3) is 6.01. The van der Waals surface area contributed by atoms with Gasteiger partial charge < -0.3 is 4.90 Å². The molecule has 5 heteroatoms. The summed E-state index contributed by atoms with van der Waals surface area (Å²) < 4.78 is 0. The minimum absolute atomic E-state index is 0.145. The fourth-order valence-electron chi connectivity index (χ4n) is 2.80. The number of carbonyl (C=O) groups excluding carboxylic acids is 2. The molecule has 2 aromatic rings. The van der Waals surface area contributed by atoms with Crippen molar-refractivity contribution in [2.45, 2.75) is 38.5 Å². The minimum Gasteiger partial charge on any atom is -0.345 e. The van der Waals surface area contributed by atoms with Gasteiger partial charge in [0.05, 0.1) is 0 Å². The first kappa shape index (κ1) is 19.7. The second kappa shape index (κ2) is 10.4. The number of amides is 1. The van der Waals surface area contributed by atoms with Gasteiger partial charge in [-0.05, 0) is 49.2 Å². The summed E-state index contributed by atoms with van der Waals surface area (Å²) in [6.45, 7) is 0. The highest BCUT2D eigenvalue weighted by Gasteiger charge is 2.08. The molecule has 0 saturated carbocycles.